The van der Waals surface area contributed by atoms with E-state index in [0.717, 1.165) is 0 Å². The van der Waals surface area contributed by atoms with E-state index in [-0.39, 0.29) is 12.4 Å². The molecule has 5 heteroatoms. The zero-order valence-electron chi connectivity index (χ0n) is 11.4. The van der Waals surface area contributed by atoms with Crippen molar-refractivity contribution in [3.8, 4) is 6.07 Å². The Kier molecular flexibility index (Phi) is 3.57. The Balaban J connectivity index is 2.67. The molecular formula is C15H13NO4. The third-order valence-corrected chi connectivity index (χ3v) is 3.12. The molecule has 0 saturated heterocycles. The van der Waals surface area contributed by atoms with Gasteiger partial charge in [0.1, 0.15) is 5.76 Å². The maximum absolute atomic E-state index is 12.0. The fourth-order valence-electron chi connectivity index (χ4n) is 2.33. The highest BCUT2D eigenvalue weighted by atomic mass is 16.5. The lowest BCUT2D eigenvalue weighted by Crippen LogP contribution is -2.12. The number of cyclic esters (lactones) is 1. The summed E-state index contributed by atoms with van der Waals surface area (Å²) in [6.07, 6.45) is 1.17. The van der Waals surface area contributed by atoms with Gasteiger partial charge in [-0.2, -0.15) is 5.26 Å². The minimum atomic E-state index is -0.551. The van der Waals surface area contributed by atoms with Crippen LogP contribution in [0, 0.1) is 25.2 Å². The second kappa shape index (κ2) is 5.17. The third-order valence-electron chi connectivity index (χ3n) is 3.12. The quantitative estimate of drug-likeness (QED) is 0.610. The predicted molar refractivity (Wildman–Crippen MR) is 70.9 cm³/mol. The topological polar surface area (TPSA) is 76.4 Å². The summed E-state index contributed by atoms with van der Waals surface area (Å²) in [5.74, 6) is -0.797. The Hall–Kier alpha value is -2.61. The van der Waals surface area contributed by atoms with Crippen molar-refractivity contribution >= 4 is 17.7 Å². The van der Waals surface area contributed by atoms with Gasteiger partial charge in [-0.3, -0.25) is 0 Å². The number of allylic oxidation sites excluding steroid dienone is 1. The van der Waals surface area contributed by atoms with Crippen LogP contribution >= 0.6 is 0 Å². The molecule has 102 valence electrons. The van der Waals surface area contributed by atoms with Crippen molar-refractivity contribution in [3.05, 3.63) is 40.0 Å². The first-order valence-electron chi connectivity index (χ1n) is 6.14. The first-order valence-corrected chi connectivity index (χ1v) is 6.14. The molecule has 0 unspecified atom stereocenters. The van der Waals surface area contributed by atoms with Crippen molar-refractivity contribution in [2.24, 2.45) is 0 Å². The Labute approximate surface area is 116 Å². The van der Waals surface area contributed by atoms with Crippen molar-refractivity contribution < 1.29 is 19.1 Å². The monoisotopic (exact) mass is 271 g/mol. The Bertz CT molecular complexity index is 680. The van der Waals surface area contributed by atoms with Crippen molar-refractivity contribution in [1.82, 2.24) is 0 Å². The van der Waals surface area contributed by atoms with Crippen LogP contribution in [-0.4, -0.2) is 18.5 Å². The maximum Gasteiger partial charge on any atom is 0.344 e. The van der Waals surface area contributed by atoms with Gasteiger partial charge in [0.2, 0.25) is 0 Å². The molecule has 1 aromatic rings. The highest BCUT2D eigenvalue weighted by Gasteiger charge is 2.32. The van der Waals surface area contributed by atoms with Crippen molar-refractivity contribution in [2.45, 2.75) is 20.8 Å². The van der Waals surface area contributed by atoms with Gasteiger partial charge >= 0.3 is 11.9 Å². The smallest absolute Gasteiger partial charge is 0.344 e. The van der Waals surface area contributed by atoms with Gasteiger partial charge in [0, 0.05) is 5.56 Å². The third kappa shape index (κ3) is 2.05. The molecule has 5 nitrogen and oxygen atoms in total. The molecule has 1 aromatic carbocycles. The molecule has 1 aliphatic rings. The van der Waals surface area contributed by atoms with Gasteiger partial charge < -0.3 is 9.47 Å². The number of hydrogen-bond acceptors (Lipinski definition) is 5. The molecule has 2 rings (SSSR count). The number of hydrogen-bond donors (Lipinski definition) is 0. The van der Waals surface area contributed by atoms with Gasteiger partial charge in [-0.1, -0.05) is 0 Å². The molecule has 0 spiro atoms. The molecule has 1 aliphatic heterocycles. The molecule has 20 heavy (non-hydrogen) atoms. The van der Waals surface area contributed by atoms with E-state index in [1.165, 1.54) is 6.08 Å². The van der Waals surface area contributed by atoms with E-state index >= 15 is 0 Å². The van der Waals surface area contributed by atoms with Crippen LogP contribution in [0.2, 0.25) is 0 Å². The van der Waals surface area contributed by atoms with Gasteiger partial charge in [0.05, 0.1) is 29.9 Å². The zero-order chi connectivity index (χ0) is 14.9. The number of nitriles is 1. The Morgan fingerprint density at radius 2 is 2.20 bits per heavy atom. The molecule has 0 atom stereocenters. The molecule has 0 aliphatic carbocycles. The average Bonchev–Trinajstić information content (AvgIpc) is 2.67. The van der Waals surface area contributed by atoms with E-state index < -0.39 is 11.9 Å². The first-order chi connectivity index (χ1) is 9.51. The number of nitrogens with zero attached hydrogens (tertiary/aromatic N) is 1. The standard InChI is InChI=1S/C15H13NO4/c1-4-19-14(17)12-8(2)7-10-11(5-6-16)20-15(18)13(10)9(12)3/h5,7H,4H2,1-3H3. The van der Waals surface area contributed by atoms with Crippen molar-refractivity contribution in [2.75, 3.05) is 6.61 Å². The lowest BCUT2D eigenvalue weighted by molar-refractivity contribution is 0.0524. The van der Waals surface area contributed by atoms with Crippen molar-refractivity contribution in [3.63, 3.8) is 0 Å². The molecule has 0 bridgehead atoms. The molecule has 0 amide bonds. The predicted octanol–water partition coefficient (Wildman–Crippen LogP) is 2.52. The summed E-state index contributed by atoms with van der Waals surface area (Å²) < 4.78 is 10.1. The summed E-state index contributed by atoms with van der Waals surface area (Å²) in [6, 6.07) is 3.51. The summed E-state index contributed by atoms with van der Waals surface area (Å²) in [5.41, 5.74) is 2.44. The lowest BCUT2D eigenvalue weighted by atomic mass is 9.93. The van der Waals surface area contributed by atoms with Gasteiger partial charge in [-0.25, -0.2) is 9.59 Å². The number of carbonyl (C=O) groups is 2. The van der Waals surface area contributed by atoms with E-state index in [1.807, 2.05) is 6.07 Å². The SMILES string of the molecule is CCOC(=O)c1c(C)cc2c(c1C)C(=O)OC2=CC#N. The second-order valence-corrected chi connectivity index (χ2v) is 4.36. The molecule has 0 fully saturated rings. The number of ether oxygens (including phenoxy) is 2. The Morgan fingerprint density at radius 1 is 1.50 bits per heavy atom. The van der Waals surface area contributed by atoms with E-state index in [2.05, 4.69) is 0 Å². The van der Waals surface area contributed by atoms with Gasteiger partial charge in [-0.15, -0.1) is 0 Å². The van der Waals surface area contributed by atoms with Crippen LogP contribution in [0.4, 0.5) is 0 Å². The number of fused-ring (bicyclic) bond motifs is 1. The zero-order valence-corrected chi connectivity index (χ0v) is 11.4. The minimum absolute atomic E-state index is 0.217. The van der Waals surface area contributed by atoms with Crippen LogP contribution in [0.1, 0.15) is 44.3 Å². The fourth-order valence-corrected chi connectivity index (χ4v) is 2.33. The number of rotatable bonds is 2. The lowest BCUT2D eigenvalue weighted by Gasteiger charge is -2.11. The largest absolute Gasteiger partial charge is 0.462 e. The summed E-state index contributed by atoms with van der Waals surface area (Å²) in [5, 5.41) is 8.70. The van der Waals surface area contributed by atoms with Gasteiger partial charge in [0.15, 0.2) is 0 Å². The number of esters is 2. The summed E-state index contributed by atoms with van der Waals surface area (Å²) in [6.45, 7) is 5.41. The van der Waals surface area contributed by atoms with Gasteiger partial charge in [0.25, 0.3) is 0 Å². The van der Waals surface area contributed by atoms with E-state index in [0.29, 0.717) is 27.8 Å². The van der Waals surface area contributed by atoms with Crippen LogP contribution in [0.5, 0.6) is 0 Å². The van der Waals surface area contributed by atoms with E-state index in [4.69, 9.17) is 14.7 Å². The highest BCUT2D eigenvalue weighted by molar-refractivity contribution is 6.07. The molecule has 0 aromatic heterocycles. The molecule has 1 heterocycles. The molecular weight excluding hydrogens is 258 g/mol. The van der Waals surface area contributed by atoms with Crippen LogP contribution in [0.25, 0.3) is 5.76 Å². The number of benzene rings is 1. The van der Waals surface area contributed by atoms with Crippen LogP contribution < -0.4 is 0 Å². The summed E-state index contributed by atoms with van der Waals surface area (Å²) in [7, 11) is 0. The number of aryl methyl sites for hydroxylation is 1. The maximum atomic E-state index is 12.0. The van der Waals surface area contributed by atoms with Gasteiger partial charge in [-0.05, 0) is 38.0 Å². The highest BCUT2D eigenvalue weighted by Crippen LogP contribution is 2.35. The minimum Gasteiger partial charge on any atom is -0.462 e. The van der Waals surface area contributed by atoms with Crippen LogP contribution in [0.3, 0.4) is 0 Å². The van der Waals surface area contributed by atoms with E-state index in [1.54, 1.807) is 26.8 Å². The summed E-state index contributed by atoms with van der Waals surface area (Å²) in [4.78, 5) is 23.8. The van der Waals surface area contributed by atoms with E-state index in [9.17, 15) is 9.59 Å². The average molecular weight is 271 g/mol. The van der Waals surface area contributed by atoms with Crippen molar-refractivity contribution in [1.29, 1.82) is 5.26 Å². The summed E-state index contributed by atoms with van der Waals surface area (Å²) >= 11 is 0. The molecule has 0 radical (unpaired) electrons. The Morgan fingerprint density at radius 3 is 2.80 bits per heavy atom. The molecule has 0 N–H and O–H groups in total. The number of carbonyl (C=O) groups excluding carboxylic acids is 2. The fraction of sp³-hybridized carbons (Fsp3) is 0.267. The van der Waals surface area contributed by atoms with Crippen LogP contribution in [-0.2, 0) is 9.47 Å². The van der Waals surface area contributed by atoms with Crippen LogP contribution in [0.15, 0.2) is 12.1 Å². The molecule has 0 saturated carbocycles. The first kappa shape index (κ1) is 13.8. The normalized spacial score (nSPS) is 14.7. The second-order valence-electron chi connectivity index (χ2n) is 4.36.